The number of piperidine rings is 2. The zero-order chi connectivity index (χ0) is 47.7. The van der Waals surface area contributed by atoms with Crippen molar-refractivity contribution in [3.8, 4) is 0 Å². The maximum atomic E-state index is 15.6. The minimum atomic E-state index is -3.12. The van der Waals surface area contributed by atoms with Gasteiger partial charge in [0.2, 0.25) is 23.7 Å². The number of likely N-dealkylation sites (tertiary alicyclic amines) is 2. The van der Waals surface area contributed by atoms with E-state index in [1.54, 1.807) is 0 Å². The predicted molar refractivity (Wildman–Crippen MR) is 254 cm³/mol. The van der Waals surface area contributed by atoms with Crippen molar-refractivity contribution in [2.75, 3.05) is 53.2 Å². The number of carbonyl (C=O) groups excluding carboxylic acids is 2. The Bertz CT molecular complexity index is 2600. The molecule has 2 amide bonds. The van der Waals surface area contributed by atoms with E-state index in [2.05, 4.69) is 40.9 Å². The van der Waals surface area contributed by atoms with Gasteiger partial charge in [-0.1, -0.05) is 12.8 Å². The van der Waals surface area contributed by atoms with Gasteiger partial charge in [0.25, 0.3) is 11.8 Å². The van der Waals surface area contributed by atoms with Crippen molar-refractivity contribution >= 4 is 47.0 Å². The molecular weight excluding hydrogens is 905 g/mol. The summed E-state index contributed by atoms with van der Waals surface area (Å²) in [7, 11) is 0. The van der Waals surface area contributed by atoms with Gasteiger partial charge in [-0.05, 0) is 109 Å². The van der Waals surface area contributed by atoms with Gasteiger partial charge >= 0.3 is 0 Å². The zero-order valence-electron chi connectivity index (χ0n) is 39.8. The van der Waals surface area contributed by atoms with Gasteiger partial charge in [0.1, 0.15) is 23.7 Å². The molecule has 2 saturated carbocycles. The summed E-state index contributed by atoms with van der Waals surface area (Å²) in [6, 6.07) is 2.74. The maximum absolute atomic E-state index is 15.6. The van der Waals surface area contributed by atoms with Gasteiger partial charge in [-0.2, -0.15) is 20.2 Å². The van der Waals surface area contributed by atoms with Crippen molar-refractivity contribution in [1.29, 1.82) is 0 Å². The number of amides is 2. The molecule has 5 unspecified atom stereocenters. The minimum absolute atomic E-state index is 0.00874. The largest absolute Gasteiger partial charge is 0.341 e. The molecule has 4 aromatic rings. The highest BCUT2D eigenvalue weighted by Crippen LogP contribution is 2.49. The molecule has 16 nitrogen and oxygen atoms in total. The van der Waals surface area contributed by atoms with E-state index in [0.717, 1.165) is 108 Å². The van der Waals surface area contributed by atoms with E-state index >= 15 is 17.6 Å². The van der Waals surface area contributed by atoms with Gasteiger partial charge in [0, 0.05) is 92.5 Å². The summed E-state index contributed by atoms with van der Waals surface area (Å²) in [4.78, 5) is 55.5. The standard InChI is InChI=1S/C50H64F4N14O2/c51-49(52)27-32-36(28-49)56-48(59-43(32)57-40-25-34(61-63-40)29-10-3-4-11-29)68-37(15-16-39(68)46(70)66-21-7-2-8-22-66)31-14-13-30(24-31)35-26-41(64-62-35)58-44-42-33(17-18-50(42,53)54)55-47(60-44)67-23-9-12-38(67)45(69)65-19-5-1-6-20-65/h25-26,29-31,37-39H,1-24,27-28H2,(H2,55,58,60,62,64)(H2,56,57,59,61,63). The summed E-state index contributed by atoms with van der Waals surface area (Å²) in [6.45, 7) is 3.41. The second kappa shape index (κ2) is 18.2. The summed E-state index contributed by atoms with van der Waals surface area (Å²) in [5, 5.41) is 21.9. The Morgan fingerprint density at radius 1 is 0.614 bits per heavy atom. The average molecular weight is 969 g/mol. The average Bonchev–Trinajstić information content (AvgIpc) is 4.21. The number of hydrogen-bond donors (Lipinski definition) is 4. The third-order valence-electron chi connectivity index (χ3n) is 17.0. The zero-order valence-corrected chi connectivity index (χ0v) is 39.8. The molecule has 20 heteroatoms. The summed E-state index contributed by atoms with van der Waals surface area (Å²) in [5.41, 5.74) is 2.64. The second-order valence-corrected chi connectivity index (χ2v) is 21.5. The molecule has 0 radical (unpaired) electrons. The number of alkyl halides is 4. The van der Waals surface area contributed by atoms with Crippen molar-refractivity contribution in [2.45, 2.75) is 177 Å². The lowest BCUT2D eigenvalue weighted by molar-refractivity contribution is -0.134. The van der Waals surface area contributed by atoms with Crippen LogP contribution in [0.4, 0.5) is 52.7 Å². The van der Waals surface area contributed by atoms with Crippen molar-refractivity contribution in [2.24, 2.45) is 5.92 Å². The molecule has 12 rings (SSSR count). The molecule has 0 bridgehead atoms. The number of aromatic nitrogens is 8. The van der Waals surface area contributed by atoms with Crippen LogP contribution in [0.15, 0.2) is 12.1 Å². The normalized spacial score (nSPS) is 27.4. The molecular formula is C50H64F4N14O2. The highest BCUT2D eigenvalue weighted by atomic mass is 19.3. The van der Waals surface area contributed by atoms with Gasteiger partial charge in [0.05, 0.1) is 23.4 Å². The van der Waals surface area contributed by atoms with E-state index in [4.69, 9.17) is 15.0 Å². The van der Waals surface area contributed by atoms with Crippen molar-refractivity contribution < 1.29 is 27.2 Å². The van der Waals surface area contributed by atoms with Gasteiger partial charge in [0.15, 0.2) is 11.6 Å². The van der Waals surface area contributed by atoms with E-state index in [1.807, 2.05) is 26.8 Å². The Morgan fingerprint density at radius 2 is 1.26 bits per heavy atom. The van der Waals surface area contributed by atoms with Crippen LogP contribution in [0.3, 0.4) is 0 Å². The van der Waals surface area contributed by atoms with E-state index in [0.29, 0.717) is 78.7 Å². The molecule has 0 spiro atoms. The van der Waals surface area contributed by atoms with E-state index in [9.17, 15) is 9.59 Å². The monoisotopic (exact) mass is 969 g/mol. The third kappa shape index (κ3) is 8.61. The Labute approximate surface area is 404 Å². The number of H-pyrrole nitrogens is 2. The van der Waals surface area contributed by atoms with E-state index in [1.165, 1.54) is 12.8 Å². The number of hydrogen-bond acceptors (Lipinski definition) is 12. The molecule has 70 heavy (non-hydrogen) atoms. The van der Waals surface area contributed by atoms with Crippen molar-refractivity contribution in [3.05, 3.63) is 46.0 Å². The highest BCUT2D eigenvalue weighted by Gasteiger charge is 2.49. The lowest BCUT2D eigenvalue weighted by atomic mass is 9.94. The smallest absolute Gasteiger partial charge is 0.278 e. The number of anilines is 6. The Morgan fingerprint density at radius 3 is 1.97 bits per heavy atom. The molecule has 8 aliphatic rings. The van der Waals surface area contributed by atoms with Crippen molar-refractivity contribution in [1.82, 2.24) is 50.1 Å². The third-order valence-corrected chi connectivity index (χ3v) is 17.0. The fraction of sp³-hybridized carbons (Fsp3) is 0.680. The van der Waals surface area contributed by atoms with E-state index in [-0.39, 0.29) is 59.9 Å². The van der Waals surface area contributed by atoms with Crippen LogP contribution in [0.2, 0.25) is 0 Å². The first-order valence-corrected chi connectivity index (χ1v) is 26.3. The number of carbonyl (C=O) groups is 2. The summed E-state index contributed by atoms with van der Waals surface area (Å²) < 4.78 is 61.8. The summed E-state index contributed by atoms with van der Waals surface area (Å²) >= 11 is 0. The number of halogens is 4. The Kier molecular flexibility index (Phi) is 11.9. The first-order chi connectivity index (χ1) is 33.9. The molecule has 4 aliphatic carbocycles. The Hall–Kier alpha value is -5.56. The van der Waals surface area contributed by atoms with Crippen LogP contribution >= 0.6 is 0 Å². The van der Waals surface area contributed by atoms with Crippen LogP contribution in [0.5, 0.6) is 0 Å². The lowest BCUT2D eigenvalue weighted by Gasteiger charge is -2.37. The number of aryl methyl sites for hydroxylation is 1. The molecule has 4 N–H and O–H groups in total. The predicted octanol–water partition coefficient (Wildman–Crippen LogP) is 8.54. The molecule has 4 saturated heterocycles. The van der Waals surface area contributed by atoms with E-state index < -0.39 is 36.8 Å². The number of aromatic amines is 2. The quantitative estimate of drug-likeness (QED) is 0.105. The molecule has 4 aromatic heterocycles. The van der Waals surface area contributed by atoms with Crippen LogP contribution < -0.4 is 20.4 Å². The number of nitrogens with zero attached hydrogens (tertiary/aromatic N) is 10. The second-order valence-electron chi connectivity index (χ2n) is 21.5. The minimum Gasteiger partial charge on any atom is -0.341 e. The fourth-order valence-corrected chi connectivity index (χ4v) is 13.4. The molecule has 6 fully saturated rings. The highest BCUT2D eigenvalue weighted by molar-refractivity contribution is 5.86. The molecule has 374 valence electrons. The van der Waals surface area contributed by atoms with Crippen LogP contribution in [-0.2, 0) is 34.8 Å². The van der Waals surface area contributed by atoms with Crippen LogP contribution in [0.1, 0.15) is 161 Å². The SMILES string of the molecule is O=C(C1CCCN1c1nc2c(c(Nc3cc(C4CCC(C5CCC(C(=O)N6CCCCC6)N5c5nc6c(c(Nc7cc(C8CCCC8)[nH]n7)n5)CC(F)(F)C6)C4)[nH]n3)n1)C(F)(F)CC2)N1CCCCC1. The number of nitrogens with one attached hydrogen (secondary N) is 4. The number of rotatable bonds is 11. The molecule has 0 aromatic carbocycles. The molecule has 4 aliphatic heterocycles. The lowest BCUT2D eigenvalue weighted by Crippen LogP contribution is -2.51. The van der Waals surface area contributed by atoms with Crippen LogP contribution in [0.25, 0.3) is 0 Å². The summed E-state index contributed by atoms with van der Waals surface area (Å²) in [6.07, 6.45) is 14.5. The molecule has 8 heterocycles. The Balaban J connectivity index is 0.805. The van der Waals surface area contributed by atoms with Gasteiger partial charge in [-0.25, -0.2) is 27.5 Å². The van der Waals surface area contributed by atoms with Gasteiger partial charge in [-0.3, -0.25) is 19.8 Å². The van der Waals surface area contributed by atoms with Gasteiger partial charge in [-0.15, -0.1) is 0 Å². The van der Waals surface area contributed by atoms with Crippen molar-refractivity contribution in [3.63, 3.8) is 0 Å². The van der Waals surface area contributed by atoms with Crippen LogP contribution in [-0.4, -0.2) is 119 Å². The first-order valence-electron chi connectivity index (χ1n) is 26.3. The maximum Gasteiger partial charge on any atom is 0.278 e. The van der Waals surface area contributed by atoms with Gasteiger partial charge < -0.3 is 30.2 Å². The molecule has 5 atom stereocenters. The summed E-state index contributed by atoms with van der Waals surface area (Å²) in [5.74, 6) is -3.66. The topological polar surface area (TPSA) is 180 Å². The first kappa shape index (κ1) is 45.6. The van der Waals surface area contributed by atoms with Crippen LogP contribution in [0, 0.1) is 5.92 Å². The number of fused-ring (bicyclic) bond motifs is 2. The fourth-order valence-electron chi connectivity index (χ4n) is 13.4.